The van der Waals surface area contributed by atoms with Crippen LogP contribution in [0.2, 0.25) is 0 Å². The normalized spacial score (nSPS) is 27.2. The summed E-state index contributed by atoms with van der Waals surface area (Å²) in [5.41, 5.74) is 7.65. The highest BCUT2D eigenvalue weighted by atomic mass is 16.5. The Morgan fingerprint density at radius 2 is 2.30 bits per heavy atom. The summed E-state index contributed by atoms with van der Waals surface area (Å²) in [7, 11) is 0. The fourth-order valence-corrected chi connectivity index (χ4v) is 3.02. The van der Waals surface area contributed by atoms with Crippen molar-refractivity contribution in [2.24, 2.45) is 5.73 Å². The van der Waals surface area contributed by atoms with Crippen molar-refractivity contribution in [3.63, 3.8) is 0 Å². The van der Waals surface area contributed by atoms with Crippen LogP contribution >= 0.6 is 0 Å². The minimum Gasteiger partial charge on any atom is -0.376 e. The Morgan fingerprint density at radius 3 is 2.90 bits per heavy atom. The summed E-state index contributed by atoms with van der Waals surface area (Å²) in [5, 5.41) is 0. The molecular weight excluding hydrogens is 250 g/mol. The van der Waals surface area contributed by atoms with Gasteiger partial charge >= 0.3 is 0 Å². The van der Waals surface area contributed by atoms with Gasteiger partial charge in [-0.05, 0) is 31.4 Å². The number of ether oxygens (including phenoxy) is 1. The zero-order chi connectivity index (χ0) is 14.5. The first-order valence-electron chi connectivity index (χ1n) is 7.70. The molecule has 0 aromatic carbocycles. The summed E-state index contributed by atoms with van der Waals surface area (Å²) in [4.78, 5) is 6.80. The molecule has 4 heteroatoms. The molecule has 20 heavy (non-hydrogen) atoms. The van der Waals surface area contributed by atoms with E-state index in [1.54, 1.807) is 0 Å². The van der Waals surface area contributed by atoms with Gasteiger partial charge in [-0.2, -0.15) is 0 Å². The van der Waals surface area contributed by atoms with Crippen LogP contribution < -0.4 is 5.73 Å². The molecule has 2 N–H and O–H groups in total. The van der Waals surface area contributed by atoms with Crippen molar-refractivity contribution in [3.8, 4) is 0 Å². The first-order chi connectivity index (χ1) is 9.67. The van der Waals surface area contributed by atoms with E-state index >= 15 is 0 Å². The van der Waals surface area contributed by atoms with Gasteiger partial charge in [-0.1, -0.05) is 19.9 Å². The molecule has 1 aromatic rings. The maximum atomic E-state index is 6.43. The van der Waals surface area contributed by atoms with E-state index in [1.807, 2.05) is 18.5 Å². The number of aromatic nitrogens is 1. The van der Waals surface area contributed by atoms with Gasteiger partial charge in [0.15, 0.2) is 0 Å². The van der Waals surface area contributed by atoms with Gasteiger partial charge in [0.2, 0.25) is 0 Å². The molecule has 0 spiro atoms. The molecule has 0 aliphatic carbocycles. The van der Waals surface area contributed by atoms with E-state index in [1.165, 1.54) is 5.56 Å². The lowest BCUT2D eigenvalue weighted by Crippen LogP contribution is -2.53. The Hall–Kier alpha value is -0.970. The molecule has 4 unspecified atom stereocenters. The zero-order valence-corrected chi connectivity index (χ0v) is 12.8. The van der Waals surface area contributed by atoms with E-state index in [2.05, 4.69) is 36.7 Å². The van der Waals surface area contributed by atoms with Gasteiger partial charge in [0, 0.05) is 31.0 Å². The molecule has 1 aliphatic heterocycles. The van der Waals surface area contributed by atoms with Crippen molar-refractivity contribution in [1.82, 2.24) is 9.88 Å². The van der Waals surface area contributed by atoms with Crippen LogP contribution in [0.15, 0.2) is 24.5 Å². The minimum absolute atomic E-state index is 0.124. The number of hydrogen-bond acceptors (Lipinski definition) is 4. The van der Waals surface area contributed by atoms with E-state index in [0.717, 1.165) is 26.0 Å². The van der Waals surface area contributed by atoms with Gasteiger partial charge in [0.1, 0.15) is 0 Å². The van der Waals surface area contributed by atoms with Crippen molar-refractivity contribution in [3.05, 3.63) is 30.1 Å². The van der Waals surface area contributed by atoms with Gasteiger partial charge in [-0.25, -0.2) is 0 Å². The summed E-state index contributed by atoms with van der Waals surface area (Å²) in [6, 6.07) is 4.92. The van der Waals surface area contributed by atoms with Crippen LogP contribution in [0.5, 0.6) is 0 Å². The fourth-order valence-electron chi connectivity index (χ4n) is 3.02. The van der Waals surface area contributed by atoms with Crippen molar-refractivity contribution >= 4 is 0 Å². The average molecular weight is 277 g/mol. The van der Waals surface area contributed by atoms with Gasteiger partial charge in [-0.15, -0.1) is 0 Å². The molecular formula is C16H27N3O. The van der Waals surface area contributed by atoms with Crippen LogP contribution in [0.4, 0.5) is 0 Å². The van der Waals surface area contributed by atoms with Gasteiger partial charge in [0.05, 0.1) is 18.8 Å². The van der Waals surface area contributed by atoms with E-state index in [0.29, 0.717) is 6.04 Å². The largest absolute Gasteiger partial charge is 0.376 e. The standard InChI is InChI=1S/C16H27N3O/c1-4-14-11-20-12(3)10-19(14)16(15(17)5-2)13-7-6-8-18-9-13/h6-9,12,14-16H,4-5,10-11,17H2,1-3H3. The van der Waals surface area contributed by atoms with Gasteiger partial charge in [0.25, 0.3) is 0 Å². The van der Waals surface area contributed by atoms with Crippen LogP contribution in [-0.2, 0) is 4.74 Å². The fraction of sp³-hybridized carbons (Fsp3) is 0.688. The SMILES string of the molecule is CCC(N)C(c1cccnc1)N1CC(C)OCC1CC. The molecule has 1 saturated heterocycles. The third-order valence-corrected chi connectivity index (χ3v) is 4.24. The van der Waals surface area contributed by atoms with Crippen molar-refractivity contribution in [2.45, 2.75) is 57.8 Å². The zero-order valence-electron chi connectivity index (χ0n) is 12.8. The molecule has 0 radical (unpaired) electrons. The summed E-state index contributed by atoms with van der Waals surface area (Å²) < 4.78 is 5.81. The van der Waals surface area contributed by atoms with Crippen LogP contribution in [0.3, 0.4) is 0 Å². The summed E-state index contributed by atoms with van der Waals surface area (Å²) in [6.45, 7) is 8.24. The molecule has 1 aromatic heterocycles. The van der Waals surface area contributed by atoms with Crippen molar-refractivity contribution in [1.29, 1.82) is 0 Å². The Bertz CT molecular complexity index is 398. The highest BCUT2D eigenvalue weighted by Crippen LogP contribution is 2.30. The third-order valence-electron chi connectivity index (χ3n) is 4.24. The highest BCUT2D eigenvalue weighted by molar-refractivity contribution is 5.17. The smallest absolute Gasteiger partial charge is 0.0675 e. The first-order valence-corrected chi connectivity index (χ1v) is 7.70. The number of pyridine rings is 1. The maximum Gasteiger partial charge on any atom is 0.0675 e. The predicted molar refractivity (Wildman–Crippen MR) is 81.4 cm³/mol. The first kappa shape index (κ1) is 15.4. The minimum atomic E-state index is 0.124. The lowest BCUT2D eigenvalue weighted by atomic mass is 9.94. The van der Waals surface area contributed by atoms with E-state index < -0.39 is 0 Å². The van der Waals surface area contributed by atoms with Crippen LogP contribution in [0.25, 0.3) is 0 Å². The van der Waals surface area contributed by atoms with E-state index in [-0.39, 0.29) is 18.2 Å². The summed E-state index contributed by atoms with van der Waals surface area (Å²) in [5.74, 6) is 0. The molecule has 2 heterocycles. The number of nitrogens with zero attached hydrogens (tertiary/aromatic N) is 2. The number of rotatable bonds is 5. The topological polar surface area (TPSA) is 51.4 Å². The Kier molecular flexibility index (Phi) is 5.52. The molecule has 0 amide bonds. The Morgan fingerprint density at radius 1 is 1.50 bits per heavy atom. The van der Waals surface area contributed by atoms with E-state index in [4.69, 9.17) is 10.5 Å². The Balaban J connectivity index is 2.29. The lowest BCUT2D eigenvalue weighted by molar-refractivity contribution is -0.0772. The lowest BCUT2D eigenvalue weighted by Gasteiger charge is -2.45. The summed E-state index contributed by atoms with van der Waals surface area (Å²) >= 11 is 0. The van der Waals surface area contributed by atoms with Crippen LogP contribution in [0.1, 0.15) is 45.2 Å². The third kappa shape index (κ3) is 3.37. The molecule has 4 nitrogen and oxygen atoms in total. The van der Waals surface area contributed by atoms with Crippen LogP contribution in [0, 0.1) is 0 Å². The molecule has 0 bridgehead atoms. The molecule has 112 valence electrons. The molecule has 1 fully saturated rings. The van der Waals surface area contributed by atoms with Crippen LogP contribution in [-0.4, -0.2) is 41.2 Å². The molecule has 0 saturated carbocycles. The second-order valence-corrected chi connectivity index (χ2v) is 5.71. The maximum absolute atomic E-state index is 6.43. The number of nitrogens with two attached hydrogens (primary N) is 1. The van der Waals surface area contributed by atoms with Gasteiger partial charge < -0.3 is 10.5 Å². The second-order valence-electron chi connectivity index (χ2n) is 5.71. The predicted octanol–water partition coefficient (Wildman–Crippen LogP) is 2.36. The monoisotopic (exact) mass is 277 g/mol. The van der Waals surface area contributed by atoms with Crippen molar-refractivity contribution in [2.75, 3.05) is 13.2 Å². The number of morpholine rings is 1. The second kappa shape index (κ2) is 7.16. The van der Waals surface area contributed by atoms with E-state index in [9.17, 15) is 0 Å². The van der Waals surface area contributed by atoms with Gasteiger partial charge in [-0.3, -0.25) is 9.88 Å². The summed E-state index contributed by atoms with van der Waals surface area (Å²) in [6.07, 6.45) is 6.08. The molecule has 2 rings (SSSR count). The van der Waals surface area contributed by atoms with Crippen molar-refractivity contribution < 1.29 is 4.74 Å². The Labute approximate surface area is 122 Å². The molecule has 1 aliphatic rings. The number of hydrogen-bond donors (Lipinski definition) is 1. The molecule has 4 atom stereocenters. The quantitative estimate of drug-likeness (QED) is 0.897. The average Bonchev–Trinajstić information content (AvgIpc) is 2.48. The highest BCUT2D eigenvalue weighted by Gasteiger charge is 2.34.